The molecule has 21 heavy (non-hydrogen) atoms. The first-order chi connectivity index (χ1) is 10.0. The number of aromatic nitrogens is 1. The van der Waals surface area contributed by atoms with E-state index in [4.69, 9.17) is 5.73 Å². The zero-order valence-electron chi connectivity index (χ0n) is 11.3. The summed E-state index contributed by atoms with van der Waals surface area (Å²) in [7, 11) is -3.70. The van der Waals surface area contributed by atoms with Gasteiger partial charge in [0.15, 0.2) is 6.29 Å². The lowest BCUT2D eigenvalue weighted by atomic mass is 10.1. The fourth-order valence-electron chi connectivity index (χ4n) is 2.02. The summed E-state index contributed by atoms with van der Waals surface area (Å²) in [6, 6.07) is 8.45. The Morgan fingerprint density at radius 1 is 1.24 bits per heavy atom. The van der Waals surface area contributed by atoms with E-state index >= 15 is 0 Å². The summed E-state index contributed by atoms with van der Waals surface area (Å²) < 4.78 is 26.2. The molecule has 0 radical (unpaired) electrons. The highest BCUT2D eigenvalue weighted by Gasteiger charge is 2.26. The van der Waals surface area contributed by atoms with Crippen molar-refractivity contribution >= 4 is 16.3 Å². The van der Waals surface area contributed by atoms with Crippen molar-refractivity contribution in [2.45, 2.75) is 11.8 Å². The second-order valence-corrected chi connectivity index (χ2v) is 6.50. The maximum absolute atomic E-state index is 12.6. The van der Waals surface area contributed by atoms with Crippen molar-refractivity contribution in [3.8, 4) is 0 Å². The Hall–Kier alpha value is -2.18. The van der Waals surface area contributed by atoms with E-state index in [1.807, 2.05) is 0 Å². The van der Waals surface area contributed by atoms with E-state index in [9.17, 15) is 13.2 Å². The van der Waals surface area contributed by atoms with E-state index in [0.717, 1.165) is 9.54 Å². The SMILES string of the molecule is C=CC(c1ccc(CN)cc1)S(=O)(=O)n1ccc(C=O)c1. The lowest BCUT2D eigenvalue weighted by molar-refractivity contribution is 0.112. The molecule has 1 atom stereocenters. The first-order valence-corrected chi connectivity index (χ1v) is 7.82. The highest BCUT2D eigenvalue weighted by Crippen LogP contribution is 2.26. The maximum atomic E-state index is 12.6. The molecule has 1 aromatic carbocycles. The van der Waals surface area contributed by atoms with Gasteiger partial charge in [-0.2, -0.15) is 0 Å². The summed E-state index contributed by atoms with van der Waals surface area (Å²) >= 11 is 0. The topological polar surface area (TPSA) is 82.2 Å². The molecular weight excluding hydrogens is 288 g/mol. The van der Waals surface area contributed by atoms with Gasteiger partial charge in [-0.05, 0) is 17.2 Å². The monoisotopic (exact) mass is 304 g/mol. The van der Waals surface area contributed by atoms with Crippen LogP contribution in [0.15, 0.2) is 55.4 Å². The molecule has 0 saturated carbocycles. The summed E-state index contributed by atoms with van der Waals surface area (Å²) in [5.41, 5.74) is 7.35. The third-order valence-electron chi connectivity index (χ3n) is 3.20. The Bertz CT molecular complexity index is 745. The number of nitrogens with two attached hydrogens (primary N) is 1. The molecule has 0 aliphatic heterocycles. The number of hydrogen-bond donors (Lipinski definition) is 1. The normalized spacial score (nSPS) is 12.8. The molecule has 0 aliphatic carbocycles. The van der Waals surface area contributed by atoms with Crippen LogP contribution in [-0.2, 0) is 16.6 Å². The molecule has 110 valence electrons. The molecule has 0 aliphatic rings. The summed E-state index contributed by atoms with van der Waals surface area (Å²) in [4.78, 5) is 10.7. The molecule has 0 amide bonds. The van der Waals surface area contributed by atoms with Gasteiger partial charge in [0.25, 0.3) is 0 Å². The second-order valence-electron chi connectivity index (χ2n) is 4.54. The molecule has 1 aromatic heterocycles. The molecule has 2 aromatic rings. The number of benzene rings is 1. The average Bonchev–Trinajstić information content (AvgIpc) is 2.98. The van der Waals surface area contributed by atoms with E-state index < -0.39 is 15.3 Å². The van der Waals surface area contributed by atoms with Gasteiger partial charge in [-0.15, -0.1) is 6.58 Å². The Morgan fingerprint density at radius 3 is 2.38 bits per heavy atom. The minimum atomic E-state index is -3.70. The Labute approximate surface area is 123 Å². The molecule has 0 saturated heterocycles. The minimum absolute atomic E-state index is 0.305. The van der Waals surface area contributed by atoms with Crippen LogP contribution in [0.4, 0.5) is 0 Å². The maximum Gasteiger partial charge on any atom is 0.249 e. The van der Waals surface area contributed by atoms with Crippen LogP contribution in [-0.4, -0.2) is 18.7 Å². The highest BCUT2D eigenvalue weighted by atomic mass is 32.2. The zero-order chi connectivity index (χ0) is 15.5. The second kappa shape index (κ2) is 6.07. The lowest BCUT2D eigenvalue weighted by Gasteiger charge is -2.15. The van der Waals surface area contributed by atoms with Crippen molar-refractivity contribution in [3.63, 3.8) is 0 Å². The summed E-state index contributed by atoms with van der Waals surface area (Å²) in [5.74, 6) is 0. The van der Waals surface area contributed by atoms with Gasteiger partial charge in [0.05, 0.1) is 0 Å². The number of hydrogen-bond acceptors (Lipinski definition) is 4. The van der Waals surface area contributed by atoms with Crippen LogP contribution in [0, 0.1) is 0 Å². The molecule has 2 N–H and O–H groups in total. The number of carbonyl (C=O) groups excluding carboxylic acids is 1. The lowest BCUT2D eigenvalue weighted by Crippen LogP contribution is -2.18. The van der Waals surface area contributed by atoms with Crippen LogP contribution in [0.5, 0.6) is 0 Å². The van der Waals surface area contributed by atoms with Crippen molar-refractivity contribution in [2.24, 2.45) is 5.73 Å². The van der Waals surface area contributed by atoms with Crippen molar-refractivity contribution in [1.82, 2.24) is 3.97 Å². The highest BCUT2D eigenvalue weighted by molar-refractivity contribution is 7.90. The number of nitrogens with zero attached hydrogens (tertiary/aromatic N) is 1. The van der Waals surface area contributed by atoms with E-state index in [1.54, 1.807) is 24.3 Å². The van der Waals surface area contributed by atoms with Crippen LogP contribution < -0.4 is 5.73 Å². The molecular formula is C15H16N2O3S. The van der Waals surface area contributed by atoms with Gasteiger partial charge in [-0.1, -0.05) is 30.3 Å². The first-order valence-electron chi connectivity index (χ1n) is 6.32. The van der Waals surface area contributed by atoms with Gasteiger partial charge in [0, 0.05) is 24.5 Å². The predicted octanol–water partition coefficient (Wildman–Crippen LogP) is 1.86. The molecule has 0 fully saturated rings. The molecule has 6 heteroatoms. The fourth-order valence-corrected chi connectivity index (χ4v) is 3.53. The van der Waals surface area contributed by atoms with E-state index in [1.165, 1.54) is 24.5 Å². The van der Waals surface area contributed by atoms with Crippen molar-refractivity contribution < 1.29 is 13.2 Å². The van der Waals surface area contributed by atoms with Gasteiger partial charge in [0.2, 0.25) is 10.0 Å². The van der Waals surface area contributed by atoms with Crippen LogP contribution in [0.3, 0.4) is 0 Å². The van der Waals surface area contributed by atoms with E-state index in [-0.39, 0.29) is 0 Å². The Morgan fingerprint density at radius 2 is 1.90 bits per heavy atom. The molecule has 2 rings (SSSR count). The van der Waals surface area contributed by atoms with Gasteiger partial charge in [0.1, 0.15) is 5.25 Å². The van der Waals surface area contributed by atoms with E-state index in [0.29, 0.717) is 24.0 Å². The molecule has 1 unspecified atom stereocenters. The quantitative estimate of drug-likeness (QED) is 0.652. The smallest absolute Gasteiger partial charge is 0.249 e. The Balaban J connectivity index is 2.43. The largest absolute Gasteiger partial charge is 0.326 e. The zero-order valence-corrected chi connectivity index (χ0v) is 12.2. The fraction of sp³-hybridized carbons (Fsp3) is 0.133. The third-order valence-corrected chi connectivity index (χ3v) is 5.12. The average molecular weight is 304 g/mol. The molecule has 0 spiro atoms. The van der Waals surface area contributed by atoms with Crippen LogP contribution >= 0.6 is 0 Å². The third kappa shape index (κ3) is 2.96. The molecule has 5 nitrogen and oxygen atoms in total. The Kier molecular flexibility index (Phi) is 4.40. The van der Waals surface area contributed by atoms with Crippen molar-refractivity contribution in [3.05, 3.63) is 72.1 Å². The number of carbonyl (C=O) groups is 1. The molecule has 1 heterocycles. The predicted molar refractivity (Wildman–Crippen MR) is 81.4 cm³/mol. The minimum Gasteiger partial charge on any atom is -0.326 e. The van der Waals surface area contributed by atoms with Crippen LogP contribution in [0.1, 0.15) is 26.7 Å². The number of rotatable bonds is 6. The van der Waals surface area contributed by atoms with Crippen LogP contribution in [0.2, 0.25) is 0 Å². The first kappa shape index (κ1) is 15.2. The van der Waals surface area contributed by atoms with Gasteiger partial charge >= 0.3 is 0 Å². The van der Waals surface area contributed by atoms with Gasteiger partial charge in [-0.25, -0.2) is 8.42 Å². The van der Waals surface area contributed by atoms with Crippen molar-refractivity contribution in [1.29, 1.82) is 0 Å². The summed E-state index contributed by atoms with van der Waals surface area (Å²) in [6.07, 6.45) is 4.61. The summed E-state index contributed by atoms with van der Waals surface area (Å²) in [6.45, 7) is 4.01. The van der Waals surface area contributed by atoms with Gasteiger partial charge in [-0.3, -0.25) is 8.77 Å². The molecule has 0 bridgehead atoms. The standard InChI is InChI=1S/C15H16N2O3S/c1-2-15(14-5-3-12(9-16)4-6-14)21(19,20)17-8-7-13(10-17)11-18/h2-8,10-11,15H,1,9,16H2. The summed E-state index contributed by atoms with van der Waals surface area (Å²) in [5, 5.41) is -0.892. The van der Waals surface area contributed by atoms with Crippen LogP contribution in [0.25, 0.3) is 0 Å². The van der Waals surface area contributed by atoms with E-state index in [2.05, 4.69) is 6.58 Å². The van der Waals surface area contributed by atoms with Gasteiger partial charge < -0.3 is 5.73 Å². The number of aldehydes is 1. The van der Waals surface area contributed by atoms with Crippen molar-refractivity contribution in [2.75, 3.05) is 0 Å².